The first-order valence-corrected chi connectivity index (χ1v) is 9.82. The molecule has 1 unspecified atom stereocenters. The normalized spacial score (nSPS) is 21.0. The molecule has 4 nitrogen and oxygen atoms in total. The minimum absolute atomic E-state index is 0.221. The van der Waals surface area contributed by atoms with Crippen molar-refractivity contribution in [1.29, 1.82) is 0 Å². The predicted octanol–water partition coefficient (Wildman–Crippen LogP) is 3.86. The molecule has 132 valence electrons. The van der Waals surface area contributed by atoms with Crippen LogP contribution in [0.2, 0.25) is 0 Å². The first-order chi connectivity index (χ1) is 11.6. The molecule has 1 amide bonds. The highest BCUT2D eigenvalue weighted by molar-refractivity contribution is 9.10. The van der Waals surface area contributed by atoms with E-state index in [4.69, 9.17) is 4.74 Å². The van der Waals surface area contributed by atoms with Crippen molar-refractivity contribution in [3.63, 3.8) is 0 Å². The number of fused-ring (bicyclic) bond motifs is 1. The SMILES string of the molecule is CCCC(=O)N1CCc2cc(Br)c(OCC3CCCN(C)C3)cc21. The van der Waals surface area contributed by atoms with Gasteiger partial charge >= 0.3 is 0 Å². The number of rotatable bonds is 5. The molecule has 0 saturated carbocycles. The molecule has 1 aromatic carbocycles. The van der Waals surface area contributed by atoms with E-state index in [1.807, 2.05) is 17.9 Å². The zero-order valence-corrected chi connectivity index (χ0v) is 16.3. The molecule has 2 aliphatic heterocycles. The van der Waals surface area contributed by atoms with Gasteiger partial charge in [0.25, 0.3) is 0 Å². The fourth-order valence-corrected chi connectivity index (χ4v) is 4.23. The van der Waals surface area contributed by atoms with E-state index in [1.54, 1.807) is 0 Å². The summed E-state index contributed by atoms with van der Waals surface area (Å²) < 4.78 is 7.12. The number of nitrogens with zero attached hydrogens (tertiary/aromatic N) is 2. The summed E-state index contributed by atoms with van der Waals surface area (Å²) in [6, 6.07) is 4.17. The molecule has 0 aliphatic carbocycles. The molecule has 3 rings (SSSR count). The molecule has 0 spiro atoms. The van der Waals surface area contributed by atoms with Gasteiger partial charge in [-0.15, -0.1) is 0 Å². The molecule has 5 heteroatoms. The van der Waals surface area contributed by atoms with E-state index in [-0.39, 0.29) is 5.91 Å². The van der Waals surface area contributed by atoms with Crippen molar-refractivity contribution in [3.8, 4) is 5.75 Å². The maximum atomic E-state index is 12.3. The number of anilines is 1. The lowest BCUT2D eigenvalue weighted by molar-refractivity contribution is -0.118. The van der Waals surface area contributed by atoms with Gasteiger partial charge in [-0.3, -0.25) is 4.79 Å². The number of piperidine rings is 1. The third-order valence-electron chi connectivity index (χ3n) is 4.99. The molecular weight excluding hydrogens is 368 g/mol. The van der Waals surface area contributed by atoms with E-state index in [0.29, 0.717) is 12.3 Å². The van der Waals surface area contributed by atoms with Crippen LogP contribution in [-0.4, -0.2) is 44.1 Å². The summed E-state index contributed by atoms with van der Waals surface area (Å²) in [6.45, 7) is 5.87. The first-order valence-electron chi connectivity index (χ1n) is 9.02. The average Bonchev–Trinajstić information content (AvgIpc) is 2.95. The molecule has 1 atom stereocenters. The van der Waals surface area contributed by atoms with Crippen LogP contribution in [0.3, 0.4) is 0 Å². The Morgan fingerprint density at radius 1 is 1.38 bits per heavy atom. The van der Waals surface area contributed by atoms with Gasteiger partial charge in [-0.05, 0) is 66.8 Å². The Hall–Kier alpha value is -1.07. The molecule has 2 aliphatic rings. The van der Waals surface area contributed by atoms with Gasteiger partial charge in [0, 0.05) is 31.5 Å². The van der Waals surface area contributed by atoms with Crippen molar-refractivity contribution >= 4 is 27.5 Å². The number of halogens is 1. The molecule has 0 aromatic heterocycles. The van der Waals surface area contributed by atoms with E-state index in [0.717, 1.165) is 48.4 Å². The number of benzene rings is 1. The number of hydrogen-bond acceptors (Lipinski definition) is 3. The third kappa shape index (κ3) is 3.94. The maximum absolute atomic E-state index is 12.3. The molecule has 1 aromatic rings. The van der Waals surface area contributed by atoms with E-state index in [2.05, 4.69) is 33.9 Å². The fraction of sp³-hybridized carbons (Fsp3) is 0.632. The van der Waals surface area contributed by atoms with Crippen molar-refractivity contribution in [2.75, 3.05) is 38.2 Å². The number of carbonyl (C=O) groups is 1. The molecule has 0 N–H and O–H groups in total. The van der Waals surface area contributed by atoms with Crippen LogP contribution in [0, 0.1) is 5.92 Å². The van der Waals surface area contributed by atoms with Crippen molar-refractivity contribution in [1.82, 2.24) is 4.90 Å². The Labute approximate surface area is 153 Å². The second-order valence-electron chi connectivity index (χ2n) is 7.04. The Morgan fingerprint density at radius 3 is 2.96 bits per heavy atom. The molecule has 0 bridgehead atoms. The molecule has 2 heterocycles. The topological polar surface area (TPSA) is 32.8 Å². The molecule has 1 saturated heterocycles. The largest absolute Gasteiger partial charge is 0.492 e. The molecule has 1 fully saturated rings. The highest BCUT2D eigenvalue weighted by Crippen LogP contribution is 2.38. The van der Waals surface area contributed by atoms with Crippen LogP contribution in [0.4, 0.5) is 5.69 Å². The van der Waals surface area contributed by atoms with Crippen LogP contribution in [0.25, 0.3) is 0 Å². The minimum atomic E-state index is 0.221. The summed E-state index contributed by atoms with van der Waals surface area (Å²) in [4.78, 5) is 16.6. The van der Waals surface area contributed by atoms with Crippen LogP contribution >= 0.6 is 15.9 Å². The summed E-state index contributed by atoms with van der Waals surface area (Å²) in [7, 11) is 2.18. The highest BCUT2D eigenvalue weighted by Gasteiger charge is 2.26. The van der Waals surface area contributed by atoms with Gasteiger partial charge in [-0.2, -0.15) is 0 Å². The van der Waals surface area contributed by atoms with Gasteiger partial charge in [0.15, 0.2) is 0 Å². The van der Waals surface area contributed by atoms with E-state index in [1.165, 1.54) is 24.9 Å². The van der Waals surface area contributed by atoms with Crippen molar-refractivity contribution in [2.45, 2.75) is 39.0 Å². The first kappa shape index (κ1) is 17.7. The summed E-state index contributed by atoms with van der Waals surface area (Å²) in [6.07, 6.45) is 4.90. The van der Waals surface area contributed by atoms with Crippen LogP contribution in [0.5, 0.6) is 5.75 Å². The lowest BCUT2D eigenvalue weighted by atomic mass is 9.99. The van der Waals surface area contributed by atoms with Crippen molar-refractivity contribution in [3.05, 3.63) is 22.2 Å². The maximum Gasteiger partial charge on any atom is 0.226 e. The number of ether oxygens (including phenoxy) is 1. The van der Waals surface area contributed by atoms with Gasteiger partial charge in [0.05, 0.1) is 16.8 Å². The van der Waals surface area contributed by atoms with Crippen molar-refractivity contribution < 1.29 is 9.53 Å². The van der Waals surface area contributed by atoms with Crippen molar-refractivity contribution in [2.24, 2.45) is 5.92 Å². The quantitative estimate of drug-likeness (QED) is 0.759. The summed E-state index contributed by atoms with van der Waals surface area (Å²) in [5, 5.41) is 0. The van der Waals surface area contributed by atoms with Gasteiger partial charge in [-0.1, -0.05) is 6.92 Å². The third-order valence-corrected chi connectivity index (χ3v) is 5.61. The second-order valence-corrected chi connectivity index (χ2v) is 7.89. The van der Waals surface area contributed by atoms with Gasteiger partial charge in [0.2, 0.25) is 5.91 Å². The van der Waals surface area contributed by atoms with Gasteiger partial charge in [-0.25, -0.2) is 0 Å². The zero-order chi connectivity index (χ0) is 17.1. The predicted molar refractivity (Wildman–Crippen MR) is 101 cm³/mol. The van der Waals surface area contributed by atoms with Crippen LogP contribution < -0.4 is 9.64 Å². The Morgan fingerprint density at radius 2 is 2.21 bits per heavy atom. The van der Waals surface area contributed by atoms with Gasteiger partial charge in [0.1, 0.15) is 5.75 Å². The lowest BCUT2D eigenvalue weighted by Gasteiger charge is -2.29. The Balaban J connectivity index is 1.70. The monoisotopic (exact) mass is 394 g/mol. The Kier molecular flexibility index (Phi) is 5.82. The van der Waals surface area contributed by atoms with Crippen LogP contribution in [0.1, 0.15) is 38.2 Å². The zero-order valence-electron chi connectivity index (χ0n) is 14.7. The lowest BCUT2D eigenvalue weighted by Crippen LogP contribution is -2.34. The number of carbonyl (C=O) groups excluding carboxylic acids is 1. The minimum Gasteiger partial charge on any atom is -0.492 e. The number of hydrogen-bond donors (Lipinski definition) is 0. The fourth-order valence-electron chi connectivity index (χ4n) is 3.72. The summed E-state index contributed by atoms with van der Waals surface area (Å²) in [5.74, 6) is 1.67. The smallest absolute Gasteiger partial charge is 0.226 e. The molecule has 0 radical (unpaired) electrons. The molecule has 24 heavy (non-hydrogen) atoms. The Bertz CT molecular complexity index is 605. The van der Waals surface area contributed by atoms with Crippen LogP contribution in [-0.2, 0) is 11.2 Å². The highest BCUT2D eigenvalue weighted by atomic mass is 79.9. The standard InChI is InChI=1S/C19H27BrN2O2/c1-3-5-19(23)22-9-7-15-10-16(20)18(11-17(15)22)24-13-14-6-4-8-21(2)12-14/h10-11,14H,3-9,12-13H2,1-2H3. The van der Waals surface area contributed by atoms with Gasteiger partial charge < -0.3 is 14.5 Å². The second kappa shape index (κ2) is 7.87. The van der Waals surface area contributed by atoms with E-state index < -0.39 is 0 Å². The number of amides is 1. The number of likely N-dealkylation sites (tertiary alicyclic amines) is 1. The summed E-state index contributed by atoms with van der Waals surface area (Å²) in [5.41, 5.74) is 2.27. The molecular formula is C19H27BrN2O2. The summed E-state index contributed by atoms with van der Waals surface area (Å²) >= 11 is 3.64. The van der Waals surface area contributed by atoms with E-state index in [9.17, 15) is 4.79 Å². The van der Waals surface area contributed by atoms with E-state index >= 15 is 0 Å². The average molecular weight is 395 g/mol. The van der Waals surface area contributed by atoms with Crippen LogP contribution in [0.15, 0.2) is 16.6 Å².